The second-order valence-corrected chi connectivity index (χ2v) is 5.36. The molecule has 0 radical (unpaired) electrons. The average molecular weight is 273 g/mol. The number of nitrogens with one attached hydrogen (secondary N) is 1. The minimum atomic E-state index is 0.307. The number of anilines is 1. The summed E-state index contributed by atoms with van der Waals surface area (Å²) in [6.07, 6.45) is 3.71. The summed E-state index contributed by atoms with van der Waals surface area (Å²) in [6, 6.07) is 8.60. The molecule has 2 heterocycles. The molecule has 3 rings (SSSR count). The van der Waals surface area contributed by atoms with Gasteiger partial charge in [-0.05, 0) is 37.8 Å². The lowest BCUT2D eigenvalue weighted by atomic mass is 10.2. The van der Waals surface area contributed by atoms with Crippen LogP contribution in [0.4, 0.5) is 5.69 Å². The predicted molar refractivity (Wildman–Crippen MR) is 82.4 cm³/mol. The van der Waals surface area contributed by atoms with E-state index in [0.717, 1.165) is 45.0 Å². The molecule has 4 heteroatoms. The number of rotatable bonds is 3. The smallest absolute Gasteiger partial charge is 0.198 e. The molecule has 1 saturated heterocycles. The Morgan fingerprint density at radius 3 is 3.15 bits per heavy atom. The molecule has 0 aromatic heterocycles. The van der Waals surface area contributed by atoms with E-state index in [1.165, 1.54) is 17.7 Å². The van der Waals surface area contributed by atoms with Crippen molar-refractivity contribution in [1.29, 1.82) is 0 Å². The first-order chi connectivity index (χ1) is 9.88. The van der Waals surface area contributed by atoms with Gasteiger partial charge in [-0.3, -0.25) is 4.99 Å². The molecule has 4 nitrogen and oxygen atoms in total. The molecule has 108 valence electrons. The van der Waals surface area contributed by atoms with E-state index >= 15 is 0 Å². The van der Waals surface area contributed by atoms with Crippen molar-refractivity contribution in [2.45, 2.75) is 32.3 Å². The van der Waals surface area contributed by atoms with E-state index in [0.29, 0.717) is 6.10 Å². The minimum Gasteiger partial charge on any atom is -0.376 e. The largest absolute Gasteiger partial charge is 0.376 e. The second-order valence-electron chi connectivity index (χ2n) is 5.36. The summed E-state index contributed by atoms with van der Waals surface area (Å²) in [6.45, 7) is 5.67. The lowest BCUT2D eigenvalue weighted by Gasteiger charge is -2.22. The Labute approximate surface area is 120 Å². The molecule has 1 N–H and O–H groups in total. The van der Waals surface area contributed by atoms with Crippen molar-refractivity contribution >= 4 is 11.6 Å². The Bertz CT molecular complexity index is 480. The summed E-state index contributed by atoms with van der Waals surface area (Å²) in [5.41, 5.74) is 2.70. The highest BCUT2D eigenvalue weighted by Crippen LogP contribution is 2.27. The summed E-state index contributed by atoms with van der Waals surface area (Å²) in [5.74, 6) is 0.993. The van der Waals surface area contributed by atoms with Gasteiger partial charge in [-0.2, -0.15) is 0 Å². The van der Waals surface area contributed by atoms with Crippen LogP contribution in [0.25, 0.3) is 0 Å². The predicted octanol–water partition coefficient (Wildman–Crippen LogP) is 2.19. The van der Waals surface area contributed by atoms with Gasteiger partial charge < -0.3 is 15.0 Å². The van der Waals surface area contributed by atoms with Gasteiger partial charge in [-0.25, -0.2) is 0 Å². The Morgan fingerprint density at radius 2 is 2.35 bits per heavy atom. The monoisotopic (exact) mass is 273 g/mol. The van der Waals surface area contributed by atoms with Gasteiger partial charge in [-0.1, -0.05) is 18.2 Å². The number of ether oxygens (including phenoxy) is 1. The first-order valence-electron chi connectivity index (χ1n) is 7.64. The van der Waals surface area contributed by atoms with Gasteiger partial charge in [0.15, 0.2) is 5.96 Å². The standard InChI is InChI=1S/C16H23N3O/c1-2-17-16(18-12-14-7-5-11-20-14)19-10-9-13-6-3-4-8-15(13)19/h3-4,6,8,14H,2,5,7,9-12H2,1H3,(H,17,18). The number of para-hydroxylation sites is 1. The Balaban J connectivity index is 1.75. The maximum absolute atomic E-state index is 5.66. The van der Waals surface area contributed by atoms with E-state index < -0.39 is 0 Å². The molecule has 2 aliphatic heterocycles. The van der Waals surface area contributed by atoms with Gasteiger partial charge in [0.1, 0.15) is 0 Å². The second kappa shape index (κ2) is 6.27. The zero-order valence-electron chi connectivity index (χ0n) is 12.1. The molecule has 1 unspecified atom stereocenters. The molecular weight excluding hydrogens is 250 g/mol. The summed E-state index contributed by atoms with van der Waals surface area (Å²) < 4.78 is 5.66. The third kappa shape index (κ3) is 2.80. The van der Waals surface area contributed by atoms with Crippen LogP contribution in [0, 0.1) is 0 Å². The molecule has 0 amide bonds. The highest BCUT2D eigenvalue weighted by molar-refractivity contribution is 5.97. The minimum absolute atomic E-state index is 0.307. The van der Waals surface area contributed by atoms with Crippen molar-refractivity contribution in [3.05, 3.63) is 29.8 Å². The normalized spacial score (nSPS) is 22.1. The van der Waals surface area contributed by atoms with Crippen molar-refractivity contribution in [2.24, 2.45) is 4.99 Å². The van der Waals surface area contributed by atoms with Crippen LogP contribution in [0.15, 0.2) is 29.3 Å². The number of fused-ring (bicyclic) bond motifs is 1. The molecule has 1 fully saturated rings. The third-order valence-corrected chi connectivity index (χ3v) is 3.95. The van der Waals surface area contributed by atoms with Gasteiger partial charge >= 0.3 is 0 Å². The highest BCUT2D eigenvalue weighted by atomic mass is 16.5. The SMILES string of the molecule is CCNC(=NCC1CCCO1)N1CCc2ccccc21. The summed E-state index contributed by atoms with van der Waals surface area (Å²) in [5, 5.41) is 3.41. The van der Waals surface area contributed by atoms with E-state index in [4.69, 9.17) is 9.73 Å². The number of nitrogens with zero attached hydrogens (tertiary/aromatic N) is 2. The number of guanidine groups is 1. The van der Waals surface area contributed by atoms with Crippen LogP contribution in [0.3, 0.4) is 0 Å². The molecule has 0 spiro atoms. The molecule has 0 bridgehead atoms. The molecule has 1 atom stereocenters. The summed E-state index contributed by atoms with van der Waals surface area (Å²) >= 11 is 0. The fourth-order valence-corrected chi connectivity index (χ4v) is 2.93. The van der Waals surface area contributed by atoms with Crippen LogP contribution in [0.1, 0.15) is 25.3 Å². The van der Waals surface area contributed by atoms with Crippen LogP contribution in [0.5, 0.6) is 0 Å². The molecule has 1 aromatic rings. The average Bonchev–Trinajstić information content (AvgIpc) is 3.13. The van der Waals surface area contributed by atoms with Crippen LogP contribution < -0.4 is 10.2 Å². The van der Waals surface area contributed by atoms with Gasteiger partial charge in [0.05, 0.1) is 12.6 Å². The Hall–Kier alpha value is -1.55. The first-order valence-corrected chi connectivity index (χ1v) is 7.64. The Morgan fingerprint density at radius 1 is 1.45 bits per heavy atom. The maximum atomic E-state index is 5.66. The highest BCUT2D eigenvalue weighted by Gasteiger charge is 2.23. The van der Waals surface area contributed by atoms with Gasteiger partial charge in [0, 0.05) is 25.4 Å². The van der Waals surface area contributed by atoms with Crippen LogP contribution in [0.2, 0.25) is 0 Å². The molecule has 1 aromatic carbocycles. The van der Waals surface area contributed by atoms with E-state index in [-0.39, 0.29) is 0 Å². The Kier molecular flexibility index (Phi) is 4.21. The first kappa shape index (κ1) is 13.4. The van der Waals surface area contributed by atoms with Crippen molar-refractivity contribution in [1.82, 2.24) is 5.32 Å². The van der Waals surface area contributed by atoms with Gasteiger partial charge in [0.25, 0.3) is 0 Å². The van der Waals surface area contributed by atoms with E-state index in [1.54, 1.807) is 0 Å². The number of hydrogen-bond donors (Lipinski definition) is 1. The van der Waals surface area contributed by atoms with Crippen molar-refractivity contribution < 1.29 is 4.74 Å². The van der Waals surface area contributed by atoms with Crippen molar-refractivity contribution in [3.63, 3.8) is 0 Å². The number of aliphatic imine (C=N–C) groups is 1. The van der Waals surface area contributed by atoms with E-state index in [2.05, 4.69) is 41.4 Å². The van der Waals surface area contributed by atoms with Gasteiger partial charge in [0.2, 0.25) is 0 Å². The van der Waals surface area contributed by atoms with Crippen LogP contribution in [-0.2, 0) is 11.2 Å². The molecule has 0 saturated carbocycles. The number of benzene rings is 1. The van der Waals surface area contributed by atoms with E-state index in [1.807, 2.05) is 0 Å². The van der Waals surface area contributed by atoms with Crippen molar-refractivity contribution in [3.8, 4) is 0 Å². The van der Waals surface area contributed by atoms with Gasteiger partial charge in [-0.15, -0.1) is 0 Å². The topological polar surface area (TPSA) is 36.9 Å². The fraction of sp³-hybridized carbons (Fsp3) is 0.562. The third-order valence-electron chi connectivity index (χ3n) is 3.95. The van der Waals surface area contributed by atoms with Crippen LogP contribution >= 0.6 is 0 Å². The fourth-order valence-electron chi connectivity index (χ4n) is 2.93. The quantitative estimate of drug-likeness (QED) is 0.677. The summed E-state index contributed by atoms with van der Waals surface area (Å²) in [4.78, 5) is 7.08. The molecule has 0 aliphatic carbocycles. The van der Waals surface area contributed by atoms with Crippen molar-refractivity contribution in [2.75, 3.05) is 31.1 Å². The number of hydrogen-bond acceptors (Lipinski definition) is 2. The lowest BCUT2D eigenvalue weighted by molar-refractivity contribution is 0.117. The molecular formula is C16H23N3O. The molecule has 2 aliphatic rings. The van der Waals surface area contributed by atoms with Crippen LogP contribution in [-0.4, -0.2) is 38.3 Å². The zero-order chi connectivity index (χ0) is 13.8. The molecule has 20 heavy (non-hydrogen) atoms. The summed E-state index contributed by atoms with van der Waals surface area (Å²) in [7, 11) is 0. The lowest BCUT2D eigenvalue weighted by Crippen LogP contribution is -2.41. The maximum Gasteiger partial charge on any atom is 0.198 e. The zero-order valence-corrected chi connectivity index (χ0v) is 12.1. The van der Waals surface area contributed by atoms with E-state index in [9.17, 15) is 0 Å².